The lowest BCUT2D eigenvalue weighted by atomic mass is 10.2. The zero-order valence-corrected chi connectivity index (χ0v) is 10.2. The van der Waals surface area contributed by atoms with Crippen molar-refractivity contribution in [2.24, 2.45) is 0 Å². The van der Waals surface area contributed by atoms with Gasteiger partial charge in [-0.05, 0) is 42.5 Å². The van der Waals surface area contributed by atoms with Gasteiger partial charge in [-0.3, -0.25) is 0 Å². The summed E-state index contributed by atoms with van der Waals surface area (Å²) in [4.78, 5) is 1.54. The van der Waals surface area contributed by atoms with E-state index in [4.69, 9.17) is 0 Å². The van der Waals surface area contributed by atoms with Crippen molar-refractivity contribution in [3.05, 3.63) is 21.9 Å². The maximum atomic E-state index is 3.63. The maximum Gasteiger partial charge on any atom is 0.0166 e. The summed E-state index contributed by atoms with van der Waals surface area (Å²) in [5, 5.41) is 5.82. The molecular formula is C11H17NS2. The van der Waals surface area contributed by atoms with E-state index in [0.717, 1.165) is 12.6 Å². The van der Waals surface area contributed by atoms with Gasteiger partial charge in [0.2, 0.25) is 0 Å². The number of hydrogen-bond acceptors (Lipinski definition) is 3. The van der Waals surface area contributed by atoms with Gasteiger partial charge in [0.25, 0.3) is 0 Å². The molecule has 0 spiro atoms. The second-order valence-electron chi connectivity index (χ2n) is 3.79. The fraction of sp³-hybridized carbons (Fsp3) is 0.636. The van der Waals surface area contributed by atoms with Crippen LogP contribution in [0.15, 0.2) is 11.4 Å². The van der Waals surface area contributed by atoms with Crippen LogP contribution in [0.5, 0.6) is 0 Å². The minimum absolute atomic E-state index is 0.778. The van der Waals surface area contributed by atoms with Crippen LogP contribution in [-0.4, -0.2) is 24.1 Å². The Morgan fingerprint density at radius 1 is 1.57 bits per heavy atom. The Bertz CT molecular complexity index is 277. The second-order valence-corrected chi connectivity index (χ2v) is 5.94. The third-order valence-electron chi connectivity index (χ3n) is 2.68. The molecule has 0 amide bonds. The molecule has 1 aromatic heterocycles. The molecular weight excluding hydrogens is 210 g/mol. The van der Waals surface area contributed by atoms with Crippen molar-refractivity contribution in [2.45, 2.75) is 25.8 Å². The van der Waals surface area contributed by atoms with Crippen LogP contribution in [0.4, 0.5) is 0 Å². The number of hydrogen-bond donors (Lipinski definition) is 1. The molecule has 0 bridgehead atoms. The third-order valence-corrected chi connectivity index (χ3v) is 4.93. The summed E-state index contributed by atoms with van der Waals surface area (Å²) in [5.41, 5.74) is 1.46. The molecule has 0 saturated carbocycles. The van der Waals surface area contributed by atoms with E-state index in [1.54, 1.807) is 4.88 Å². The maximum absolute atomic E-state index is 3.63. The van der Waals surface area contributed by atoms with Crippen LogP contribution in [0.1, 0.15) is 16.9 Å². The molecule has 0 aromatic carbocycles. The zero-order chi connectivity index (χ0) is 9.80. The van der Waals surface area contributed by atoms with Gasteiger partial charge in [-0.15, -0.1) is 11.3 Å². The fourth-order valence-electron chi connectivity index (χ4n) is 1.75. The highest BCUT2D eigenvalue weighted by Crippen LogP contribution is 2.18. The lowest BCUT2D eigenvalue weighted by Crippen LogP contribution is -2.30. The molecule has 1 aliphatic rings. The van der Waals surface area contributed by atoms with Gasteiger partial charge in [0.15, 0.2) is 0 Å². The SMILES string of the molecule is Cc1ccsc1CCNC1CCSC1. The first-order chi connectivity index (χ1) is 6.86. The standard InChI is InChI=1S/C11H17NS2/c1-9-3-7-14-11(9)2-5-12-10-4-6-13-8-10/h3,7,10,12H,2,4-6,8H2,1H3. The van der Waals surface area contributed by atoms with Crippen LogP contribution in [-0.2, 0) is 6.42 Å². The molecule has 3 heteroatoms. The second kappa shape index (κ2) is 5.19. The Kier molecular flexibility index (Phi) is 3.90. The normalized spacial score (nSPS) is 21.6. The lowest BCUT2D eigenvalue weighted by Gasteiger charge is -2.10. The average molecular weight is 227 g/mol. The number of aryl methyl sites for hydroxylation is 1. The quantitative estimate of drug-likeness (QED) is 0.849. The van der Waals surface area contributed by atoms with Crippen LogP contribution in [0.2, 0.25) is 0 Å². The van der Waals surface area contributed by atoms with Crippen molar-refractivity contribution >= 4 is 23.1 Å². The molecule has 1 fully saturated rings. The molecule has 0 aliphatic carbocycles. The van der Waals surface area contributed by atoms with Crippen molar-refractivity contribution in [1.82, 2.24) is 5.32 Å². The minimum atomic E-state index is 0.778. The van der Waals surface area contributed by atoms with Gasteiger partial charge in [0.1, 0.15) is 0 Å². The first kappa shape index (κ1) is 10.5. The molecule has 1 aromatic rings. The summed E-state index contributed by atoms with van der Waals surface area (Å²) >= 11 is 3.96. The smallest absolute Gasteiger partial charge is 0.0166 e. The van der Waals surface area contributed by atoms with Crippen LogP contribution in [0.3, 0.4) is 0 Å². The molecule has 14 heavy (non-hydrogen) atoms. The van der Waals surface area contributed by atoms with Gasteiger partial charge >= 0.3 is 0 Å². The summed E-state index contributed by atoms with van der Waals surface area (Å²) in [7, 11) is 0. The molecule has 78 valence electrons. The molecule has 1 atom stereocenters. The van der Waals surface area contributed by atoms with Crippen molar-refractivity contribution in [3.63, 3.8) is 0 Å². The van der Waals surface area contributed by atoms with Crippen molar-refractivity contribution in [3.8, 4) is 0 Å². The Morgan fingerprint density at radius 2 is 2.50 bits per heavy atom. The molecule has 1 aliphatic heterocycles. The summed E-state index contributed by atoms with van der Waals surface area (Å²) in [6.45, 7) is 3.35. The van der Waals surface area contributed by atoms with E-state index in [-0.39, 0.29) is 0 Å². The van der Waals surface area contributed by atoms with Crippen LogP contribution < -0.4 is 5.32 Å². The van der Waals surface area contributed by atoms with Gasteiger partial charge < -0.3 is 5.32 Å². The lowest BCUT2D eigenvalue weighted by molar-refractivity contribution is 0.561. The first-order valence-corrected chi connectivity index (χ1v) is 7.24. The van der Waals surface area contributed by atoms with Crippen LogP contribution in [0.25, 0.3) is 0 Å². The van der Waals surface area contributed by atoms with Gasteiger partial charge in [-0.1, -0.05) is 0 Å². The van der Waals surface area contributed by atoms with Crippen molar-refractivity contribution in [2.75, 3.05) is 18.1 Å². The van der Waals surface area contributed by atoms with E-state index in [9.17, 15) is 0 Å². The summed E-state index contributed by atoms with van der Waals surface area (Å²) in [6, 6.07) is 2.99. The molecule has 1 N–H and O–H groups in total. The molecule has 2 rings (SSSR count). The number of thiophene rings is 1. The summed E-state index contributed by atoms with van der Waals surface area (Å²) in [6.07, 6.45) is 2.55. The molecule has 0 radical (unpaired) electrons. The summed E-state index contributed by atoms with van der Waals surface area (Å²) in [5.74, 6) is 2.65. The Labute approximate surface area is 94.3 Å². The van der Waals surface area contributed by atoms with Gasteiger partial charge in [0.05, 0.1) is 0 Å². The minimum Gasteiger partial charge on any atom is -0.313 e. The zero-order valence-electron chi connectivity index (χ0n) is 8.58. The van der Waals surface area contributed by atoms with Gasteiger partial charge in [-0.2, -0.15) is 11.8 Å². The Balaban J connectivity index is 1.70. The van der Waals surface area contributed by atoms with E-state index in [2.05, 4.69) is 35.4 Å². The molecule has 1 unspecified atom stereocenters. The highest BCUT2D eigenvalue weighted by Gasteiger charge is 2.14. The predicted molar refractivity (Wildman–Crippen MR) is 66.5 cm³/mol. The third kappa shape index (κ3) is 2.75. The van der Waals surface area contributed by atoms with E-state index in [1.165, 1.54) is 29.9 Å². The Hall–Kier alpha value is 0.01000. The Morgan fingerprint density at radius 3 is 3.14 bits per heavy atom. The fourth-order valence-corrected chi connectivity index (χ4v) is 3.84. The number of thioether (sulfide) groups is 1. The highest BCUT2D eigenvalue weighted by atomic mass is 32.2. The number of rotatable bonds is 4. The van der Waals surface area contributed by atoms with Gasteiger partial charge in [0, 0.05) is 23.2 Å². The molecule has 2 heterocycles. The monoisotopic (exact) mass is 227 g/mol. The largest absolute Gasteiger partial charge is 0.313 e. The first-order valence-electron chi connectivity index (χ1n) is 5.20. The van der Waals surface area contributed by atoms with E-state index in [0.29, 0.717) is 0 Å². The van der Waals surface area contributed by atoms with E-state index < -0.39 is 0 Å². The van der Waals surface area contributed by atoms with Crippen LogP contribution >= 0.6 is 23.1 Å². The molecule has 1 nitrogen and oxygen atoms in total. The van der Waals surface area contributed by atoms with Crippen LogP contribution in [0, 0.1) is 6.92 Å². The van der Waals surface area contributed by atoms with E-state index in [1.807, 2.05) is 11.3 Å². The highest BCUT2D eigenvalue weighted by molar-refractivity contribution is 7.99. The van der Waals surface area contributed by atoms with Crippen molar-refractivity contribution in [1.29, 1.82) is 0 Å². The topological polar surface area (TPSA) is 12.0 Å². The average Bonchev–Trinajstić information content (AvgIpc) is 2.78. The van der Waals surface area contributed by atoms with E-state index >= 15 is 0 Å². The summed E-state index contributed by atoms with van der Waals surface area (Å²) < 4.78 is 0. The van der Waals surface area contributed by atoms with Gasteiger partial charge in [-0.25, -0.2) is 0 Å². The molecule has 1 saturated heterocycles. The number of nitrogens with one attached hydrogen (secondary N) is 1. The van der Waals surface area contributed by atoms with Crippen molar-refractivity contribution < 1.29 is 0 Å². The predicted octanol–water partition coefficient (Wildman–Crippen LogP) is 2.69.